The van der Waals surface area contributed by atoms with E-state index in [1.165, 1.54) is 0 Å². The van der Waals surface area contributed by atoms with Crippen molar-refractivity contribution in [2.75, 3.05) is 29.5 Å². The van der Waals surface area contributed by atoms with Crippen molar-refractivity contribution in [3.05, 3.63) is 59.7 Å². The molecule has 152 valence electrons. The number of halogens is 2. The van der Waals surface area contributed by atoms with E-state index in [0.29, 0.717) is 16.6 Å². The normalized spacial score (nSPS) is 11.3. The number of para-hydroxylation sites is 1. The van der Waals surface area contributed by atoms with E-state index in [1.807, 2.05) is 6.07 Å². The Morgan fingerprint density at radius 3 is 2.39 bits per heavy atom. The summed E-state index contributed by atoms with van der Waals surface area (Å²) in [5.41, 5.74) is 0.830. The zero-order valence-electron chi connectivity index (χ0n) is 15.6. The van der Waals surface area contributed by atoms with Crippen LogP contribution in [0, 0.1) is 11.6 Å². The van der Waals surface area contributed by atoms with E-state index < -0.39 is 27.3 Å². The molecule has 28 heavy (non-hydrogen) atoms. The fourth-order valence-corrected chi connectivity index (χ4v) is 3.65. The highest BCUT2D eigenvalue weighted by Gasteiger charge is 2.24. The lowest BCUT2D eigenvalue weighted by Crippen LogP contribution is -2.33. The Balaban J connectivity index is 2.01. The molecular weight excluding hydrogens is 390 g/mol. The van der Waals surface area contributed by atoms with Crippen LogP contribution >= 0.6 is 0 Å². The summed E-state index contributed by atoms with van der Waals surface area (Å²) in [6.45, 7) is 0.176. The van der Waals surface area contributed by atoms with E-state index >= 15 is 0 Å². The highest BCUT2D eigenvalue weighted by molar-refractivity contribution is 7.92. The average molecular weight is 412 g/mol. The third-order valence-corrected chi connectivity index (χ3v) is 5.04. The second-order valence-electron chi connectivity index (χ2n) is 6.19. The number of ether oxygens (including phenoxy) is 1. The largest absolute Gasteiger partial charge is 0.380 e. The molecular formula is C19H22F2N2O4S. The molecule has 0 radical (unpaired) electrons. The van der Waals surface area contributed by atoms with Crippen LogP contribution in [0.1, 0.15) is 18.4 Å². The maximum Gasteiger partial charge on any atom is 0.232 e. The predicted octanol–water partition coefficient (Wildman–Crippen LogP) is 3.30. The summed E-state index contributed by atoms with van der Waals surface area (Å²) in [4.78, 5) is 12.1. The quantitative estimate of drug-likeness (QED) is 0.686. The summed E-state index contributed by atoms with van der Waals surface area (Å²) in [6.07, 6.45) is 0.932. The van der Waals surface area contributed by atoms with E-state index in [4.69, 9.17) is 4.74 Å². The van der Waals surface area contributed by atoms with Crippen LogP contribution in [0.25, 0.3) is 0 Å². The van der Waals surface area contributed by atoms with Gasteiger partial charge in [-0.05, 0) is 36.2 Å². The molecule has 9 heteroatoms. The van der Waals surface area contributed by atoms with Crippen molar-refractivity contribution in [2.45, 2.75) is 19.4 Å². The Bertz CT molecular complexity index is 915. The van der Waals surface area contributed by atoms with Gasteiger partial charge in [0.2, 0.25) is 15.9 Å². The van der Waals surface area contributed by atoms with E-state index in [2.05, 4.69) is 5.32 Å². The van der Waals surface area contributed by atoms with Gasteiger partial charge in [-0.1, -0.05) is 18.2 Å². The molecule has 6 nitrogen and oxygen atoms in total. The SMILES string of the molecule is COCc1cccc(NC(=O)CCCN(c2c(F)cccc2F)S(C)(=O)=O)c1. The second-order valence-corrected chi connectivity index (χ2v) is 8.10. The molecule has 0 unspecified atom stereocenters. The standard InChI is InChI=1S/C19H22F2N2O4S/c1-27-13-14-6-3-7-15(12-14)22-18(24)10-5-11-23(28(2,25)26)19-16(20)8-4-9-17(19)21/h3-4,6-9,12H,5,10-11,13H2,1-2H3,(H,22,24). The summed E-state index contributed by atoms with van der Waals surface area (Å²) in [5.74, 6) is -2.30. The fraction of sp³-hybridized carbons (Fsp3) is 0.316. The van der Waals surface area contributed by atoms with Crippen molar-refractivity contribution in [1.82, 2.24) is 0 Å². The Hall–Kier alpha value is -2.52. The first-order chi connectivity index (χ1) is 13.2. The van der Waals surface area contributed by atoms with Gasteiger partial charge in [0.1, 0.15) is 5.69 Å². The summed E-state index contributed by atoms with van der Waals surface area (Å²) in [7, 11) is -2.36. The smallest absolute Gasteiger partial charge is 0.232 e. The van der Waals surface area contributed by atoms with Crippen LogP contribution in [0.4, 0.5) is 20.2 Å². The zero-order chi connectivity index (χ0) is 20.7. The van der Waals surface area contributed by atoms with Crippen molar-refractivity contribution >= 4 is 27.3 Å². The molecule has 2 aromatic carbocycles. The summed E-state index contributed by atoms with van der Waals surface area (Å²) in [6, 6.07) is 10.2. The van der Waals surface area contributed by atoms with Crippen molar-refractivity contribution in [2.24, 2.45) is 0 Å². The molecule has 0 saturated carbocycles. The van der Waals surface area contributed by atoms with Crippen LogP contribution in [0.5, 0.6) is 0 Å². The van der Waals surface area contributed by atoms with E-state index in [1.54, 1.807) is 25.3 Å². The van der Waals surface area contributed by atoms with Gasteiger partial charge in [0.25, 0.3) is 0 Å². The number of nitrogens with one attached hydrogen (secondary N) is 1. The number of hydrogen-bond acceptors (Lipinski definition) is 4. The van der Waals surface area contributed by atoms with Crippen molar-refractivity contribution in [3.8, 4) is 0 Å². The van der Waals surface area contributed by atoms with Crippen LogP contribution in [-0.2, 0) is 26.2 Å². The van der Waals surface area contributed by atoms with Crippen LogP contribution in [0.3, 0.4) is 0 Å². The van der Waals surface area contributed by atoms with Gasteiger partial charge < -0.3 is 10.1 Å². The Morgan fingerprint density at radius 2 is 1.79 bits per heavy atom. The fourth-order valence-electron chi connectivity index (χ4n) is 2.68. The summed E-state index contributed by atoms with van der Waals surface area (Å²) in [5, 5.41) is 2.71. The maximum atomic E-state index is 14.0. The molecule has 1 N–H and O–H groups in total. The molecule has 0 fully saturated rings. The highest BCUT2D eigenvalue weighted by atomic mass is 32.2. The average Bonchev–Trinajstić information content (AvgIpc) is 2.60. The monoisotopic (exact) mass is 412 g/mol. The first-order valence-electron chi connectivity index (χ1n) is 8.52. The molecule has 0 saturated heterocycles. The number of carbonyl (C=O) groups excluding carboxylic acids is 1. The number of methoxy groups -OCH3 is 1. The van der Waals surface area contributed by atoms with Gasteiger partial charge in [0, 0.05) is 25.8 Å². The van der Waals surface area contributed by atoms with Gasteiger partial charge in [0.15, 0.2) is 11.6 Å². The van der Waals surface area contributed by atoms with Crippen molar-refractivity contribution in [3.63, 3.8) is 0 Å². The molecule has 0 aliphatic heterocycles. The number of amides is 1. The number of sulfonamides is 1. The van der Waals surface area contributed by atoms with Gasteiger partial charge in [0.05, 0.1) is 12.9 Å². The van der Waals surface area contributed by atoms with Gasteiger partial charge >= 0.3 is 0 Å². The minimum atomic E-state index is -3.92. The van der Waals surface area contributed by atoms with Crippen molar-refractivity contribution < 1.29 is 26.7 Å². The topological polar surface area (TPSA) is 75.7 Å². The number of carbonyl (C=O) groups is 1. The molecule has 0 aliphatic carbocycles. The zero-order valence-corrected chi connectivity index (χ0v) is 16.4. The molecule has 0 atom stereocenters. The molecule has 0 spiro atoms. The lowest BCUT2D eigenvalue weighted by atomic mass is 10.2. The Morgan fingerprint density at radius 1 is 1.14 bits per heavy atom. The minimum absolute atomic E-state index is 0.0173. The predicted molar refractivity (Wildman–Crippen MR) is 104 cm³/mol. The number of hydrogen-bond donors (Lipinski definition) is 1. The van der Waals surface area contributed by atoms with Gasteiger partial charge in [-0.3, -0.25) is 9.10 Å². The third kappa shape index (κ3) is 6.00. The lowest BCUT2D eigenvalue weighted by molar-refractivity contribution is -0.116. The minimum Gasteiger partial charge on any atom is -0.380 e. The number of rotatable bonds is 9. The van der Waals surface area contributed by atoms with Crippen LogP contribution in [0.15, 0.2) is 42.5 Å². The van der Waals surface area contributed by atoms with Crippen LogP contribution < -0.4 is 9.62 Å². The molecule has 0 bridgehead atoms. The summed E-state index contributed by atoms with van der Waals surface area (Å²) < 4.78 is 57.6. The first-order valence-corrected chi connectivity index (χ1v) is 10.4. The van der Waals surface area contributed by atoms with Gasteiger partial charge in [-0.15, -0.1) is 0 Å². The summed E-state index contributed by atoms with van der Waals surface area (Å²) >= 11 is 0. The van der Waals surface area contributed by atoms with Crippen molar-refractivity contribution in [1.29, 1.82) is 0 Å². The molecule has 0 aromatic heterocycles. The van der Waals surface area contributed by atoms with Gasteiger partial charge in [-0.2, -0.15) is 0 Å². The van der Waals surface area contributed by atoms with Crippen LogP contribution in [0.2, 0.25) is 0 Å². The van der Waals surface area contributed by atoms with Crippen LogP contribution in [-0.4, -0.2) is 34.2 Å². The maximum absolute atomic E-state index is 14.0. The van der Waals surface area contributed by atoms with E-state index in [0.717, 1.165) is 30.0 Å². The highest BCUT2D eigenvalue weighted by Crippen LogP contribution is 2.25. The Labute approximate surface area is 163 Å². The third-order valence-electron chi connectivity index (χ3n) is 3.87. The first kappa shape index (κ1) is 21.8. The molecule has 2 rings (SSSR count). The van der Waals surface area contributed by atoms with E-state index in [9.17, 15) is 22.0 Å². The molecule has 1 amide bonds. The van der Waals surface area contributed by atoms with E-state index in [-0.39, 0.29) is 25.3 Å². The number of benzene rings is 2. The Kier molecular flexibility index (Phi) is 7.47. The number of nitrogens with zero attached hydrogens (tertiary/aromatic N) is 1. The second kappa shape index (κ2) is 9.61. The molecule has 0 heterocycles. The molecule has 2 aromatic rings. The number of anilines is 2. The van der Waals surface area contributed by atoms with Gasteiger partial charge in [-0.25, -0.2) is 17.2 Å². The lowest BCUT2D eigenvalue weighted by Gasteiger charge is -2.23. The molecule has 0 aliphatic rings.